The zero-order chi connectivity index (χ0) is 17.6. The number of imidazole rings is 1. The molecule has 1 amide bonds. The number of halogens is 1. The molecule has 3 rings (SSSR count). The summed E-state index contributed by atoms with van der Waals surface area (Å²) in [5, 5.41) is 6.02. The molecule has 0 aliphatic carbocycles. The molecule has 0 saturated heterocycles. The fraction of sp³-hybridized carbons (Fsp3) is 0.263. The van der Waals surface area contributed by atoms with Gasteiger partial charge in [-0.25, -0.2) is 9.37 Å². The average molecular weight is 340 g/mol. The van der Waals surface area contributed by atoms with Crippen LogP contribution in [0.2, 0.25) is 0 Å². The van der Waals surface area contributed by atoms with Crippen LogP contribution in [0.1, 0.15) is 19.0 Å². The number of nitrogens with zero attached hydrogens (tertiary/aromatic N) is 2. The van der Waals surface area contributed by atoms with E-state index in [0.717, 1.165) is 24.3 Å². The molecular formula is C19H21FN4O. The van der Waals surface area contributed by atoms with Crippen molar-refractivity contribution in [2.45, 2.75) is 25.8 Å². The molecule has 2 aromatic heterocycles. The molecular weight excluding hydrogens is 319 g/mol. The van der Waals surface area contributed by atoms with Gasteiger partial charge in [0.25, 0.3) is 0 Å². The van der Waals surface area contributed by atoms with Crippen molar-refractivity contribution in [1.29, 1.82) is 0 Å². The van der Waals surface area contributed by atoms with Gasteiger partial charge in [-0.3, -0.25) is 4.79 Å². The number of aromatic nitrogens is 2. The topological polar surface area (TPSA) is 58.4 Å². The van der Waals surface area contributed by atoms with E-state index < -0.39 is 0 Å². The van der Waals surface area contributed by atoms with Gasteiger partial charge < -0.3 is 15.0 Å². The summed E-state index contributed by atoms with van der Waals surface area (Å²) in [5.41, 5.74) is 2.41. The van der Waals surface area contributed by atoms with Crippen LogP contribution < -0.4 is 10.6 Å². The van der Waals surface area contributed by atoms with Crippen molar-refractivity contribution in [3.05, 3.63) is 66.4 Å². The van der Waals surface area contributed by atoms with E-state index in [9.17, 15) is 9.18 Å². The number of rotatable bonds is 7. The van der Waals surface area contributed by atoms with Crippen LogP contribution in [-0.2, 0) is 11.2 Å². The van der Waals surface area contributed by atoms with E-state index in [1.54, 1.807) is 12.1 Å². The van der Waals surface area contributed by atoms with Crippen LogP contribution in [0.3, 0.4) is 0 Å². The maximum absolute atomic E-state index is 13.1. The SMILES string of the molecule is C[C@@H](CC(=O)Nc1cccc(F)c1)NCCc1cn2ccccc2n1. The van der Waals surface area contributed by atoms with Gasteiger partial charge in [-0.05, 0) is 37.3 Å². The van der Waals surface area contributed by atoms with Crippen LogP contribution in [0.5, 0.6) is 0 Å². The van der Waals surface area contributed by atoms with E-state index in [4.69, 9.17) is 0 Å². The quantitative estimate of drug-likeness (QED) is 0.695. The fourth-order valence-corrected chi connectivity index (χ4v) is 2.68. The molecule has 0 fully saturated rings. The molecule has 0 radical (unpaired) electrons. The number of carbonyl (C=O) groups is 1. The summed E-state index contributed by atoms with van der Waals surface area (Å²) in [5.74, 6) is -0.505. The summed E-state index contributed by atoms with van der Waals surface area (Å²) in [6.45, 7) is 2.69. The molecule has 0 aliphatic rings. The second-order valence-electron chi connectivity index (χ2n) is 6.07. The second kappa shape index (κ2) is 7.90. The number of nitrogens with one attached hydrogen (secondary N) is 2. The Morgan fingerprint density at radius 2 is 2.16 bits per heavy atom. The largest absolute Gasteiger partial charge is 0.326 e. The molecule has 6 heteroatoms. The lowest BCUT2D eigenvalue weighted by molar-refractivity contribution is -0.116. The first-order valence-corrected chi connectivity index (χ1v) is 8.31. The van der Waals surface area contributed by atoms with E-state index in [2.05, 4.69) is 15.6 Å². The normalized spacial score (nSPS) is 12.2. The minimum atomic E-state index is -0.364. The van der Waals surface area contributed by atoms with Gasteiger partial charge in [0.1, 0.15) is 11.5 Å². The number of anilines is 1. The van der Waals surface area contributed by atoms with Gasteiger partial charge in [0.15, 0.2) is 0 Å². The lowest BCUT2D eigenvalue weighted by Crippen LogP contribution is -2.32. The summed E-state index contributed by atoms with van der Waals surface area (Å²) in [7, 11) is 0. The van der Waals surface area contributed by atoms with Crippen LogP contribution in [-0.4, -0.2) is 27.9 Å². The van der Waals surface area contributed by atoms with Crippen molar-refractivity contribution in [3.8, 4) is 0 Å². The van der Waals surface area contributed by atoms with Crippen molar-refractivity contribution in [2.24, 2.45) is 0 Å². The predicted molar refractivity (Wildman–Crippen MR) is 96.0 cm³/mol. The van der Waals surface area contributed by atoms with Crippen molar-refractivity contribution >= 4 is 17.2 Å². The predicted octanol–water partition coefficient (Wildman–Crippen LogP) is 3.02. The van der Waals surface area contributed by atoms with E-state index in [1.807, 2.05) is 41.9 Å². The summed E-state index contributed by atoms with van der Waals surface area (Å²) in [6.07, 6.45) is 5.09. The zero-order valence-electron chi connectivity index (χ0n) is 14.1. The fourth-order valence-electron chi connectivity index (χ4n) is 2.68. The molecule has 0 spiro atoms. The Bertz CT molecular complexity index is 828. The number of hydrogen-bond acceptors (Lipinski definition) is 3. The second-order valence-corrected chi connectivity index (χ2v) is 6.07. The van der Waals surface area contributed by atoms with Gasteiger partial charge in [-0.1, -0.05) is 12.1 Å². The molecule has 0 aliphatic heterocycles. The molecule has 25 heavy (non-hydrogen) atoms. The first-order valence-electron chi connectivity index (χ1n) is 8.31. The van der Waals surface area contributed by atoms with E-state index >= 15 is 0 Å². The third-order valence-corrected chi connectivity index (χ3v) is 3.89. The molecule has 1 atom stereocenters. The standard InChI is InChI=1S/C19H21FN4O/c1-14(11-19(25)23-16-6-4-5-15(20)12-16)21-9-8-17-13-24-10-3-2-7-18(24)22-17/h2-7,10,12-14,21H,8-9,11H2,1H3,(H,23,25)/t14-/m0/s1. The third kappa shape index (κ3) is 4.87. The summed E-state index contributed by atoms with van der Waals surface area (Å²) >= 11 is 0. The molecule has 0 bridgehead atoms. The van der Waals surface area contributed by atoms with Crippen molar-refractivity contribution in [3.63, 3.8) is 0 Å². The Labute approximate surface area is 145 Å². The van der Waals surface area contributed by atoms with Crippen molar-refractivity contribution < 1.29 is 9.18 Å². The highest BCUT2D eigenvalue weighted by Crippen LogP contribution is 2.10. The lowest BCUT2D eigenvalue weighted by atomic mass is 10.2. The first-order chi connectivity index (χ1) is 12.1. The van der Waals surface area contributed by atoms with Crippen molar-refractivity contribution in [1.82, 2.24) is 14.7 Å². The summed E-state index contributed by atoms with van der Waals surface area (Å²) < 4.78 is 15.1. The van der Waals surface area contributed by atoms with E-state index in [-0.39, 0.29) is 17.8 Å². The Morgan fingerprint density at radius 1 is 1.28 bits per heavy atom. The maximum atomic E-state index is 13.1. The minimum Gasteiger partial charge on any atom is -0.326 e. The Hall–Kier alpha value is -2.73. The van der Waals surface area contributed by atoms with Gasteiger partial charge in [-0.15, -0.1) is 0 Å². The molecule has 1 aromatic carbocycles. The van der Waals surface area contributed by atoms with Gasteiger partial charge in [0.2, 0.25) is 5.91 Å². The van der Waals surface area contributed by atoms with E-state index in [0.29, 0.717) is 12.1 Å². The summed E-state index contributed by atoms with van der Waals surface area (Å²) in [6, 6.07) is 11.8. The van der Waals surface area contributed by atoms with Crippen LogP contribution in [0.15, 0.2) is 54.9 Å². The van der Waals surface area contributed by atoms with E-state index in [1.165, 1.54) is 12.1 Å². The first kappa shape index (κ1) is 17.1. The average Bonchev–Trinajstić information content (AvgIpc) is 2.97. The molecule has 2 heterocycles. The number of pyridine rings is 1. The Balaban J connectivity index is 1.43. The Morgan fingerprint density at radius 3 is 2.96 bits per heavy atom. The molecule has 2 N–H and O–H groups in total. The van der Waals surface area contributed by atoms with Gasteiger partial charge in [-0.2, -0.15) is 0 Å². The van der Waals surface area contributed by atoms with Crippen LogP contribution >= 0.6 is 0 Å². The molecule has 0 unspecified atom stereocenters. The smallest absolute Gasteiger partial charge is 0.225 e. The third-order valence-electron chi connectivity index (χ3n) is 3.89. The highest BCUT2D eigenvalue weighted by atomic mass is 19.1. The van der Waals surface area contributed by atoms with Crippen molar-refractivity contribution in [2.75, 3.05) is 11.9 Å². The monoisotopic (exact) mass is 340 g/mol. The molecule has 130 valence electrons. The number of fused-ring (bicyclic) bond motifs is 1. The lowest BCUT2D eigenvalue weighted by Gasteiger charge is -2.13. The number of carbonyl (C=O) groups excluding carboxylic acids is 1. The number of amides is 1. The van der Waals surface area contributed by atoms with Crippen LogP contribution in [0.4, 0.5) is 10.1 Å². The zero-order valence-corrected chi connectivity index (χ0v) is 14.1. The highest BCUT2D eigenvalue weighted by molar-refractivity contribution is 5.91. The molecule has 0 saturated carbocycles. The minimum absolute atomic E-state index is 0.0191. The molecule has 3 aromatic rings. The van der Waals surface area contributed by atoms with Crippen LogP contribution in [0, 0.1) is 5.82 Å². The number of benzene rings is 1. The highest BCUT2D eigenvalue weighted by Gasteiger charge is 2.10. The van der Waals surface area contributed by atoms with Crippen LogP contribution in [0.25, 0.3) is 5.65 Å². The maximum Gasteiger partial charge on any atom is 0.225 e. The Kier molecular flexibility index (Phi) is 5.40. The van der Waals surface area contributed by atoms with Gasteiger partial charge in [0.05, 0.1) is 5.69 Å². The number of hydrogen-bond donors (Lipinski definition) is 2. The summed E-state index contributed by atoms with van der Waals surface area (Å²) in [4.78, 5) is 16.5. The van der Waals surface area contributed by atoms with Gasteiger partial charge >= 0.3 is 0 Å². The van der Waals surface area contributed by atoms with Gasteiger partial charge in [0, 0.05) is 43.5 Å². The molecule has 5 nitrogen and oxygen atoms in total.